The highest BCUT2D eigenvalue weighted by molar-refractivity contribution is 6.05. The van der Waals surface area contributed by atoms with Crippen LogP contribution in [0.25, 0.3) is 0 Å². The third-order valence-corrected chi connectivity index (χ3v) is 4.38. The predicted molar refractivity (Wildman–Crippen MR) is 94.4 cm³/mol. The lowest BCUT2D eigenvalue weighted by Gasteiger charge is -2.32. The Kier molecular flexibility index (Phi) is 5.01. The van der Waals surface area contributed by atoms with Gasteiger partial charge in [0.05, 0.1) is 24.2 Å². The fourth-order valence-corrected chi connectivity index (χ4v) is 2.77. The molecule has 11 heteroatoms. The summed E-state index contributed by atoms with van der Waals surface area (Å²) in [5.41, 5.74) is -4.06. The molecule has 0 fully saturated rings. The molecule has 1 N–H and O–H groups in total. The summed E-state index contributed by atoms with van der Waals surface area (Å²) in [6, 6.07) is 9.86. The minimum absolute atomic E-state index is 0.0340. The van der Waals surface area contributed by atoms with Crippen LogP contribution >= 0.6 is 0 Å². The van der Waals surface area contributed by atoms with Crippen LogP contribution in [-0.4, -0.2) is 45.7 Å². The number of non-ortho nitro benzene ring substituents is 1. The highest BCUT2D eigenvalue weighted by Gasteiger charge is 2.63. The highest BCUT2D eigenvalue weighted by Crippen LogP contribution is 2.42. The van der Waals surface area contributed by atoms with Crippen molar-refractivity contribution in [3.8, 4) is 5.75 Å². The number of hydrogen-bond donors (Lipinski definition) is 1. The summed E-state index contributed by atoms with van der Waals surface area (Å²) in [6.07, 6.45) is -6.16. The second-order valence-corrected chi connectivity index (χ2v) is 6.19. The smallest absolute Gasteiger partial charge is 0.438 e. The van der Waals surface area contributed by atoms with E-state index in [1.807, 2.05) is 0 Å². The third kappa shape index (κ3) is 3.63. The summed E-state index contributed by atoms with van der Waals surface area (Å²) in [5, 5.41) is 24.7. The van der Waals surface area contributed by atoms with Crippen molar-refractivity contribution < 1.29 is 32.7 Å². The molecule has 2 aromatic rings. The highest BCUT2D eigenvalue weighted by atomic mass is 19.4. The van der Waals surface area contributed by atoms with E-state index in [0.717, 1.165) is 24.3 Å². The molecule has 0 radical (unpaired) electrons. The second kappa shape index (κ2) is 7.17. The summed E-state index contributed by atoms with van der Waals surface area (Å²) in [6.45, 7) is 0. The number of nitro benzene ring substituents is 1. The molecule has 1 aliphatic heterocycles. The third-order valence-electron chi connectivity index (χ3n) is 4.38. The van der Waals surface area contributed by atoms with Crippen LogP contribution in [0.4, 0.5) is 18.9 Å². The number of alkyl halides is 3. The predicted octanol–water partition coefficient (Wildman–Crippen LogP) is 3.10. The first-order valence-electron chi connectivity index (χ1n) is 8.17. The number of amides is 1. The van der Waals surface area contributed by atoms with E-state index in [-0.39, 0.29) is 27.5 Å². The van der Waals surface area contributed by atoms with Crippen LogP contribution in [0.2, 0.25) is 0 Å². The van der Waals surface area contributed by atoms with Crippen molar-refractivity contribution in [3.63, 3.8) is 0 Å². The molecule has 1 heterocycles. The number of carbonyl (C=O) groups excluding carboxylic acids is 1. The number of nitrogens with zero attached hydrogens (tertiary/aromatic N) is 3. The Morgan fingerprint density at radius 1 is 1.21 bits per heavy atom. The van der Waals surface area contributed by atoms with Crippen LogP contribution < -0.4 is 4.74 Å². The van der Waals surface area contributed by atoms with Crippen LogP contribution in [0, 0.1) is 10.1 Å². The van der Waals surface area contributed by atoms with Gasteiger partial charge in [0.25, 0.3) is 17.3 Å². The zero-order chi connectivity index (χ0) is 21.4. The van der Waals surface area contributed by atoms with E-state index in [2.05, 4.69) is 5.10 Å². The van der Waals surface area contributed by atoms with Crippen LogP contribution in [0.15, 0.2) is 53.6 Å². The lowest BCUT2D eigenvalue weighted by atomic mass is 10.0. The number of methoxy groups -OCH3 is 1. The number of benzene rings is 2. The number of carbonyl (C=O) groups is 1. The summed E-state index contributed by atoms with van der Waals surface area (Å²) in [7, 11) is 1.43. The number of halogens is 3. The minimum Gasteiger partial charge on any atom is -0.497 e. The fourth-order valence-electron chi connectivity index (χ4n) is 2.77. The largest absolute Gasteiger partial charge is 0.497 e. The molecular formula is C18H14F3N3O5. The van der Waals surface area contributed by atoms with Gasteiger partial charge in [-0.05, 0) is 42.0 Å². The van der Waals surface area contributed by atoms with Gasteiger partial charge < -0.3 is 9.84 Å². The molecule has 152 valence electrons. The van der Waals surface area contributed by atoms with E-state index >= 15 is 0 Å². The Balaban J connectivity index is 2.00. The Labute approximate surface area is 162 Å². The Bertz CT molecular complexity index is 974. The van der Waals surface area contributed by atoms with Gasteiger partial charge in [-0.15, -0.1) is 0 Å². The first kappa shape index (κ1) is 20.3. The number of rotatable bonds is 4. The van der Waals surface area contributed by atoms with Gasteiger partial charge in [-0.2, -0.15) is 23.3 Å². The van der Waals surface area contributed by atoms with Crippen molar-refractivity contribution in [2.24, 2.45) is 5.10 Å². The molecule has 2 aromatic carbocycles. The zero-order valence-corrected chi connectivity index (χ0v) is 14.9. The Hall–Kier alpha value is -3.47. The molecule has 0 spiro atoms. The summed E-state index contributed by atoms with van der Waals surface area (Å²) in [4.78, 5) is 22.6. The molecule has 29 heavy (non-hydrogen) atoms. The number of nitro groups is 1. The van der Waals surface area contributed by atoms with Crippen LogP contribution in [0.5, 0.6) is 5.75 Å². The van der Waals surface area contributed by atoms with Gasteiger partial charge in [-0.1, -0.05) is 0 Å². The fraction of sp³-hybridized carbons (Fsp3) is 0.222. The molecule has 8 nitrogen and oxygen atoms in total. The van der Waals surface area contributed by atoms with Crippen LogP contribution in [0.1, 0.15) is 22.3 Å². The van der Waals surface area contributed by atoms with E-state index in [0.29, 0.717) is 5.75 Å². The van der Waals surface area contributed by atoms with Gasteiger partial charge in [-0.25, -0.2) is 0 Å². The molecule has 1 aliphatic rings. The van der Waals surface area contributed by atoms with E-state index in [1.54, 1.807) is 0 Å². The molecule has 3 rings (SSSR count). The summed E-state index contributed by atoms with van der Waals surface area (Å²) in [5.74, 6) is -0.777. The summed E-state index contributed by atoms with van der Waals surface area (Å²) < 4.78 is 45.9. The first-order chi connectivity index (χ1) is 13.6. The van der Waals surface area contributed by atoms with Crippen molar-refractivity contribution in [1.82, 2.24) is 5.01 Å². The van der Waals surface area contributed by atoms with Gasteiger partial charge in [0, 0.05) is 17.7 Å². The normalized spacial score (nSPS) is 19.1. The molecule has 0 saturated heterocycles. The topological polar surface area (TPSA) is 105 Å². The molecule has 1 amide bonds. The zero-order valence-electron chi connectivity index (χ0n) is 14.9. The molecule has 0 aromatic heterocycles. The van der Waals surface area contributed by atoms with Crippen molar-refractivity contribution in [2.45, 2.75) is 18.3 Å². The van der Waals surface area contributed by atoms with Gasteiger partial charge in [0.1, 0.15) is 5.75 Å². The first-order valence-corrected chi connectivity index (χ1v) is 8.17. The quantitative estimate of drug-likeness (QED) is 0.617. The minimum atomic E-state index is -5.19. The van der Waals surface area contributed by atoms with Crippen molar-refractivity contribution >= 4 is 17.3 Å². The lowest BCUT2D eigenvalue weighted by Crippen LogP contribution is -2.56. The maximum absolute atomic E-state index is 13.6. The monoisotopic (exact) mass is 409 g/mol. The van der Waals surface area contributed by atoms with Crippen LogP contribution in [0.3, 0.4) is 0 Å². The maximum atomic E-state index is 13.6. The van der Waals surface area contributed by atoms with E-state index < -0.39 is 29.2 Å². The Morgan fingerprint density at radius 3 is 2.28 bits per heavy atom. The Morgan fingerprint density at radius 2 is 1.79 bits per heavy atom. The number of hydrogen-bond acceptors (Lipinski definition) is 6. The molecule has 0 aliphatic carbocycles. The van der Waals surface area contributed by atoms with Crippen molar-refractivity contribution in [1.29, 1.82) is 0 Å². The standard InChI is InChI=1S/C18H14F3N3O5/c1-29-14-8-4-11(5-9-14)15-10-17(26,18(19,20)21)23(22-15)16(25)12-2-6-13(7-3-12)24(27)28/h2-9,26H,10H2,1H3/t17-/m0/s1. The van der Waals surface area contributed by atoms with Crippen molar-refractivity contribution in [3.05, 3.63) is 69.8 Å². The van der Waals surface area contributed by atoms with E-state index in [9.17, 15) is 33.2 Å². The van der Waals surface area contributed by atoms with Crippen molar-refractivity contribution in [2.75, 3.05) is 7.11 Å². The van der Waals surface area contributed by atoms with E-state index in [1.165, 1.54) is 31.4 Å². The maximum Gasteiger partial charge on any atom is 0.438 e. The number of hydrazone groups is 1. The molecule has 1 atom stereocenters. The van der Waals surface area contributed by atoms with Crippen LogP contribution in [-0.2, 0) is 0 Å². The molecule has 0 saturated carbocycles. The van der Waals surface area contributed by atoms with Gasteiger partial charge >= 0.3 is 6.18 Å². The molecule has 0 unspecified atom stereocenters. The number of aliphatic hydroxyl groups is 1. The van der Waals surface area contributed by atoms with E-state index in [4.69, 9.17) is 4.74 Å². The second-order valence-electron chi connectivity index (χ2n) is 6.19. The molecule has 0 bridgehead atoms. The van der Waals surface area contributed by atoms with Gasteiger partial charge in [-0.3, -0.25) is 14.9 Å². The summed E-state index contributed by atoms with van der Waals surface area (Å²) >= 11 is 0. The average Bonchev–Trinajstić information content (AvgIpc) is 3.06. The van der Waals surface area contributed by atoms with Gasteiger partial charge in [0.15, 0.2) is 0 Å². The van der Waals surface area contributed by atoms with Gasteiger partial charge in [0.2, 0.25) is 0 Å². The SMILES string of the molecule is COc1ccc(C2=NN(C(=O)c3ccc([N+](=O)[O-])cc3)[C@@](O)(C(F)(F)F)C2)cc1. The molecular weight excluding hydrogens is 395 g/mol. The number of ether oxygens (including phenoxy) is 1. The lowest BCUT2D eigenvalue weighted by molar-refractivity contribution is -0.384. The average molecular weight is 409 g/mol.